The predicted molar refractivity (Wildman–Crippen MR) is 62.0 cm³/mol. The SMILES string of the molecule is CCc1cc(CC)n(CCNC2CC2)n1. The van der Waals surface area contributed by atoms with E-state index in [1.807, 2.05) is 0 Å². The summed E-state index contributed by atoms with van der Waals surface area (Å²) in [5.74, 6) is 0. The van der Waals surface area contributed by atoms with E-state index in [4.69, 9.17) is 0 Å². The van der Waals surface area contributed by atoms with Gasteiger partial charge in [0.05, 0.1) is 12.2 Å². The Hall–Kier alpha value is -0.830. The van der Waals surface area contributed by atoms with E-state index in [0.717, 1.165) is 32.0 Å². The highest BCUT2D eigenvalue weighted by Gasteiger charge is 2.19. The van der Waals surface area contributed by atoms with Crippen LogP contribution in [0.1, 0.15) is 38.1 Å². The Balaban J connectivity index is 1.89. The summed E-state index contributed by atoms with van der Waals surface area (Å²) in [6, 6.07) is 3.04. The van der Waals surface area contributed by atoms with Gasteiger partial charge in [-0.05, 0) is 31.7 Å². The number of hydrogen-bond donors (Lipinski definition) is 1. The van der Waals surface area contributed by atoms with Crippen LogP contribution in [0.3, 0.4) is 0 Å². The van der Waals surface area contributed by atoms with E-state index in [1.54, 1.807) is 0 Å². The number of nitrogens with zero attached hydrogens (tertiary/aromatic N) is 2. The summed E-state index contributed by atoms with van der Waals surface area (Å²) in [4.78, 5) is 0. The topological polar surface area (TPSA) is 29.9 Å². The summed E-state index contributed by atoms with van der Waals surface area (Å²) in [6.45, 7) is 6.43. The molecule has 1 aromatic rings. The van der Waals surface area contributed by atoms with Crippen molar-refractivity contribution < 1.29 is 0 Å². The van der Waals surface area contributed by atoms with Crippen molar-refractivity contribution in [3.05, 3.63) is 17.5 Å². The third kappa shape index (κ3) is 2.81. The first-order valence-corrected chi connectivity index (χ1v) is 6.12. The van der Waals surface area contributed by atoms with Gasteiger partial charge in [-0.25, -0.2) is 0 Å². The van der Waals surface area contributed by atoms with E-state index in [-0.39, 0.29) is 0 Å². The van der Waals surface area contributed by atoms with E-state index in [0.29, 0.717) is 0 Å². The van der Waals surface area contributed by atoms with Gasteiger partial charge in [0.1, 0.15) is 0 Å². The van der Waals surface area contributed by atoms with Crippen LogP contribution in [0.5, 0.6) is 0 Å². The van der Waals surface area contributed by atoms with E-state index in [1.165, 1.54) is 24.2 Å². The summed E-state index contributed by atoms with van der Waals surface area (Å²) >= 11 is 0. The third-order valence-electron chi connectivity index (χ3n) is 2.97. The van der Waals surface area contributed by atoms with Crippen LogP contribution in [0.2, 0.25) is 0 Å². The number of hydrogen-bond acceptors (Lipinski definition) is 2. The van der Waals surface area contributed by atoms with Crippen LogP contribution in [-0.4, -0.2) is 22.4 Å². The third-order valence-corrected chi connectivity index (χ3v) is 2.97. The second-order valence-electron chi connectivity index (χ2n) is 4.29. The molecule has 3 heteroatoms. The number of aromatic nitrogens is 2. The minimum absolute atomic E-state index is 0.802. The van der Waals surface area contributed by atoms with Crippen LogP contribution in [0, 0.1) is 0 Å². The van der Waals surface area contributed by atoms with Crippen molar-refractivity contribution in [3.63, 3.8) is 0 Å². The van der Waals surface area contributed by atoms with Crippen LogP contribution >= 0.6 is 0 Å². The molecule has 1 heterocycles. The molecule has 0 amide bonds. The maximum Gasteiger partial charge on any atom is 0.0624 e. The van der Waals surface area contributed by atoms with Crippen molar-refractivity contribution >= 4 is 0 Å². The average Bonchev–Trinajstić information content (AvgIpc) is 2.98. The lowest BCUT2D eigenvalue weighted by Crippen LogP contribution is -2.23. The zero-order valence-electron chi connectivity index (χ0n) is 9.79. The van der Waals surface area contributed by atoms with E-state index in [2.05, 4.69) is 35.0 Å². The molecule has 0 radical (unpaired) electrons. The van der Waals surface area contributed by atoms with Crippen LogP contribution in [0.25, 0.3) is 0 Å². The second kappa shape index (κ2) is 4.79. The second-order valence-corrected chi connectivity index (χ2v) is 4.29. The van der Waals surface area contributed by atoms with E-state index < -0.39 is 0 Å². The molecule has 0 aliphatic heterocycles. The lowest BCUT2D eigenvalue weighted by atomic mass is 10.3. The Morgan fingerprint density at radius 3 is 2.80 bits per heavy atom. The summed E-state index contributed by atoms with van der Waals surface area (Å²) in [5, 5.41) is 8.12. The normalized spacial score (nSPS) is 15.9. The van der Waals surface area contributed by atoms with Gasteiger partial charge in [0.25, 0.3) is 0 Å². The molecular formula is C12H21N3. The van der Waals surface area contributed by atoms with Crippen molar-refractivity contribution in [2.24, 2.45) is 0 Å². The van der Waals surface area contributed by atoms with Crippen molar-refractivity contribution in [2.45, 2.75) is 52.1 Å². The lowest BCUT2D eigenvalue weighted by molar-refractivity contribution is 0.533. The lowest BCUT2D eigenvalue weighted by Gasteiger charge is -2.06. The largest absolute Gasteiger partial charge is 0.312 e. The Morgan fingerprint density at radius 2 is 2.20 bits per heavy atom. The molecule has 3 nitrogen and oxygen atoms in total. The first-order valence-electron chi connectivity index (χ1n) is 6.12. The van der Waals surface area contributed by atoms with Gasteiger partial charge in [-0.15, -0.1) is 0 Å². The number of nitrogens with one attached hydrogen (secondary N) is 1. The Morgan fingerprint density at radius 1 is 1.40 bits per heavy atom. The smallest absolute Gasteiger partial charge is 0.0624 e. The fourth-order valence-corrected chi connectivity index (χ4v) is 1.83. The first-order chi connectivity index (χ1) is 7.33. The molecule has 1 saturated carbocycles. The Bertz CT molecular complexity index is 313. The molecule has 15 heavy (non-hydrogen) atoms. The minimum atomic E-state index is 0.802. The number of aryl methyl sites for hydroxylation is 2. The van der Waals surface area contributed by atoms with Gasteiger partial charge in [0, 0.05) is 18.3 Å². The van der Waals surface area contributed by atoms with Gasteiger partial charge in [-0.3, -0.25) is 4.68 Å². The first kappa shape index (κ1) is 10.7. The van der Waals surface area contributed by atoms with Crippen LogP contribution in [0.15, 0.2) is 6.07 Å². The monoisotopic (exact) mass is 207 g/mol. The molecule has 1 aromatic heterocycles. The molecule has 0 bridgehead atoms. The zero-order chi connectivity index (χ0) is 10.7. The maximum absolute atomic E-state index is 4.59. The van der Waals surface area contributed by atoms with Gasteiger partial charge in [0.2, 0.25) is 0 Å². The summed E-state index contributed by atoms with van der Waals surface area (Å²) < 4.78 is 2.16. The van der Waals surface area contributed by atoms with Crippen molar-refractivity contribution in [1.82, 2.24) is 15.1 Å². The van der Waals surface area contributed by atoms with E-state index in [9.17, 15) is 0 Å². The predicted octanol–water partition coefficient (Wildman–Crippen LogP) is 1.76. The van der Waals surface area contributed by atoms with Gasteiger partial charge in [-0.2, -0.15) is 5.10 Å². The van der Waals surface area contributed by atoms with Gasteiger partial charge < -0.3 is 5.32 Å². The summed E-state index contributed by atoms with van der Waals surface area (Å²) in [7, 11) is 0. The molecule has 1 fully saturated rings. The highest BCUT2D eigenvalue weighted by molar-refractivity contribution is 5.10. The van der Waals surface area contributed by atoms with Crippen LogP contribution in [0.4, 0.5) is 0 Å². The molecule has 1 aliphatic carbocycles. The van der Waals surface area contributed by atoms with E-state index >= 15 is 0 Å². The molecule has 1 aliphatic rings. The molecule has 0 aromatic carbocycles. The summed E-state index contributed by atoms with van der Waals surface area (Å²) in [6.07, 6.45) is 4.84. The number of rotatable bonds is 6. The molecule has 0 spiro atoms. The highest BCUT2D eigenvalue weighted by Crippen LogP contribution is 2.18. The summed E-state index contributed by atoms with van der Waals surface area (Å²) in [5.41, 5.74) is 2.59. The fourth-order valence-electron chi connectivity index (χ4n) is 1.83. The molecule has 0 saturated heterocycles. The van der Waals surface area contributed by atoms with Gasteiger partial charge >= 0.3 is 0 Å². The quantitative estimate of drug-likeness (QED) is 0.770. The van der Waals surface area contributed by atoms with Gasteiger partial charge in [0.15, 0.2) is 0 Å². The molecule has 2 rings (SSSR count). The van der Waals surface area contributed by atoms with Gasteiger partial charge in [-0.1, -0.05) is 13.8 Å². The van der Waals surface area contributed by atoms with Crippen molar-refractivity contribution in [3.8, 4) is 0 Å². The fraction of sp³-hybridized carbons (Fsp3) is 0.750. The Labute approximate surface area is 91.9 Å². The standard InChI is InChI=1S/C12H21N3/c1-3-10-9-12(4-2)15(14-10)8-7-13-11-5-6-11/h9,11,13H,3-8H2,1-2H3. The Kier molecular flexibility index (Phi) is 3.41. The molecular weight excluding hydrogens is 186 g/mol. The molecule has 84 valence electrons. The average molecular weight is 207 g/mol. The van der Waals surface area contributed by atoms with Crippen LogP contribution in [-0.2, 0) is 19.4 Å². The molecule has 0 atom stereocenters. The van der Waals surface area contributed by atoms with Crippen molar-refractivity contribution in [2.75, 3.05) is 6.54 Å². The zero-order valence-corrected chi connectivity index (χ0v) is 9.79. The van der Waals surface area contributed by atoms with Crippen LogP contribution < -0.4 is 5.32 Å². The molecule has 1 N–H and O–H groups in total. The maximum atomic E-state index is 4.59. The minimum Gasteiger partial charge on any atom is -0.312 e. The molecule has 0 unspecified atom stereocenters. The highest BCUT2D eigenvalue weighted by atomic mass is 15.3. The van der Waals surface area contributed by atoms with Crippen molar-refractivity contribution in [1.29, 1.82) is 0 Å².